The van der Waals surface area contributed by atoms with Crippen LogP contribution in [0.4, 0.5) is 4.39 Å². The summed E-state index contributed by atoms with van der Waals surface area (Å²) in [7, 11) is 0. The lowest BCUT2D eigenvalue weighted by molar-refractivity contribution is 0.0728. The highest BCUT2D eigenvalue weighted by atomic mass is 19.1. The quantitative estimate of drug-likeness (QED) is 0.716. The Bertz CT molecular complexity index is 370. The van der Waals surface area contributed by atoms with Gasteiger partial charge in [0.25, 0.3) is 5.91 Å². The Labute approximate surface area is 95.4 Å². The zero-order valence-corrected chi connectivity index (χ0v) is 9.61. The molecular weight excluding hydrogens is 205 g/mol. The van der Waals surface area contributed by atoms with Gasteiger partial charge in [-0.25, -0.2) is 4.39 Å². The van der Waals surface area contributed by atoms with E-state index < -0.39 is 0 Å². The van der Waals surface area contributed by atoms with Crippen molar-refractivity contribution in [3.63, 3.8) is 0 Å². The minimum Gasteiger partial charge on any atom is -0.333 e. The highest BCUT2D eigenvalue weighted by Crippen LogP contribution is 2.09. The molecule has 0 aliphatic rings. The topological polar surface area (TPSA) is 20.3 Å². The molecule has 0 aliphatic carbocycles. The van der Waals surface area contributed by atoms with Crippen molar-refractivity contribution in [1.82, 2.24) is 4.90 Å². The highest BCUT2D eigenvalue weighted by molar-refractivity contribution is 5.94. The van der Waals surface area contributed by atoms with Crippen molar-refractivity contribution >= 4 is 5.91 Å². The van der Waals surface area contributed by atoms with Crippen LogP contribution in [0.15, 0.2) is 36.9 Å². The standard InChI is InChI=1S/C13H16FNO/c1-4-9-15(10(2)3)13(16)11-5-7-12(14)8-6-11/h4-8,10H,1,9H2,2-3H3. The second-order valence-corrected chi connectivity index (χ2v) is 3.85. The third kappa shape index (κ3) is 2.92. The van der Waals surface area contributed by atoms with E-state index in [2.05, 4.69) is 6.58 Å². The predicted octanol–water partition coefficient (Wildman–Crippen LogP) is 2.86. The van der Waals surface area contributed by atoms with E-state index in [1.807, 2.05) is 13.8 Å². The number of hydrogen-bond acceptors (Lipinski definition) is 1. The van der Waals surface area contributed by atoms with Crippen LogP contribution in [0.1, 0.15) is 24.2 Å². The van der Waals surface area contributed by atoms with Gasteiger partial charge in [-0.1, -0.05) is 6.08 Å². The van der Waals surface area contributed by atoms with Crippen LogP contribution in [0.25, 0.3) is 0 Å². The number of benzene rings is 1. The number of carbonyl (C=O) groups excluding carboxylic acids is 1. The fraction of sp³-hybridized carbons (Fsp3) is 0.308. The summed E-state index contributed by atoms with van der Waals surface area (Å²) in [5.74, 6) is -0.439. The Morgan fingerprint density at radius 1 is 1.44 bits per heavy atom. The zero-order valence-electron chi connectivity index (χ0n) is 9.61. The van der Waals surface area contributed by atoms with Gasteiger partial charge in [0.2, 0.25) is 0 Å². The number of rotatable bonds is 4. The molecule has 0 spiro atoms. The molecule has 1 aromatic rings. The summed E-state index contributed by atoms with van der Waals surface area (Å²) < 4.78 is 12.7. The van der Waals surface area contributed by atoms with E-state index in [1.54, 1.807) is 11.0 Å². The van der Waals surface area contributed by atoms with Gasteiger partial charge >= 0.3 is 0 Å². The maximum atomic E-state index is 12.7. The number of amides is 1. The molecule has 3 heteroatoms. The fourth-order valence-electron chi connectivity index (χ4n) is 1.43. The van der Waals surface area contributed by atoms with Crippen molar-refractivity contribution in [3.05, 3.63) is 48.3 Å². The maximum Gasteiger partial charge on any atom is 0.254 e. The van der Waals surface area contributed by atoms with Gasteiger partial charge in [-0.3, -0.25) is 4.79 Å². The number of hydrogen-bond donors (Lipinski definition) is 0. The monoisotopic (exact) mass is 221 g/mol. The summed E-state index contributed by atoms with van der Waals surface area (Å²) in [5.41, 5.74) is 0.497. The Hall–Kier alpha value is -1.64. The summed E-state index contributed by atoms with van der Waals surface area (Å²) in [6.07, 6.45) is 1.68. The van der Waals surface area contributed by atoms with Gasteiger partial charge in [0.15, 0.2) is 0 Å². The molecule has 0 N–H and O–H groups in total. The van der Waals surface area contributed by atoms with Crippen LogP contribution in [-0.4, -0.2) is 23.4 Å². The molecule has 16 heavy (non-hydrogen) atoms. The largest absolute Gasteiger partial charge is 0.333 e. The third-order valence-electron chi connectivity index (χ3n) is 2.30. The smallest absolute Gasteiger partial charge is 0.254 e. The Morgan fingerprint density at radius 2 is 2.00 bits per heavy atom. The van der Waals surface area contributed by atoms with Crippen molar-refractivity contribution in [1.29, 1.82) is 0 Å². The zero-order chi connectivity index (χ0) is 12.1. The Kier molecular flexibility index (Phi) is 4.23. The molecule has 1 rings (SSSR count). The molecule has 0 saturated carbocycles. The lowest BCUT2D eigenvalue weighted by Gasteiger charge is -2.25. The van der Waals surface area contributed by atoms with Gasteiger partial charge in [-0.15, -0.1) is 6.58 Å². The molecule has 86 valence electrons. The van der Waals surface area contributed by atoms with Gasteiger partial charge in [-0.2, -0.15) is 0 Å². The third-order valence-corrected chi connectivity index (χ3v) is 2.30. The van der Waals surface area contributed by atoms with Crippen LogP contribution in [0.5, 0.6) is 0 Å². The molecule has 2 nitrogen and oxygen atoms in total. The Balaban J connectivity index is 2.89. The minimum absolute atomic E-state index is 0.0931. The van der Waals surface area contributed by atoms with Crippen molar-refractivity contribution in [3.8, 4) is 0 Å². The molecule has 0 unspecified atom stereocenters. The average Bonchev–Trinajstić information content (AvgIpc) is 2.25. The van der Waals surface area contributed by atoms with Crippen LogP contribution in [-0.2, 0) is 0 Å². The number of halogens is 1. The second-order valence-electron chi connectivity index (χ2n) is 3.85. The molecule has 1 amide bonds. The van der Waals surface area contributed by atoms with Gasteiger partial charge in [0.1, 0.15) is 5.82 Å². The first kappa shape index (κ1) is 12.4. The normalized spacial score (nSPS) is 10.2. The first-order chi connectivity index (χ1) is 7.56. The predicted molar refractivity (Wildman–Crippen MR) is 62.8 cm³/mol. The molecular formula is C13H16FNO. The van der Waals surface area contributed by atoms with Crippen molar-refractivity contribution in [2.45, 2.75) is 19.9 Å². The molecule has 0 heterocycles. The van der Waals surface area contributed by atoms with Crippen LogP contribution in [0.3, 0.4) is 0 Å². The van der Waals surface area contributed by atoms with Crippen LogP contribution in [0, 0.1) is 5.82 Å². The van der Waals surface area contributed by atoms with E-state index >= 15 is 0 Å². The van der Waals surface area contributed by atoms with E-state index in [0.29, 0.717) is 12.1 Å². The van der Waals surface area contributed by atoms with Gasteiger partial charge < -0.3 is 4.90 Å². The lowest BCUT2D eigenvalue weighted by atomic mass is 10.1. The SMILES string of the molecule is C=CCN(C(=O)c1ccc(F)cc1)C(C)C. The second kappa shape index (κ2) is 5.45. The van der Waals surface area contributed by atoms with Gasteiger partial charge in [0.05, 0.1) is 0 Å². The van der Waals surface area contributed by atoms with E-state index in [-0.39, 0.29) is 17.8 Å². The van der Waals surface area contributed by atoms with E-state index in [4.69, 9.17) is 0 Å². The van der Waals surface area contributed by atoms with Crippen LogP contribution < -0.4 is 0 Å². The average molecular weight is 221 g/mol. The number of carbonyl (C=O) groups is 1. The fourth-order valence-corrected chi connectivity index (χ4v) is 1.43. The summed E-state index contributed by atoms with van der Waals surface area (Å²) in [6.45, 7) is 7.98. The van der Waals surface area contributed by atoms with Gasteiger partial charge in [0, 0.05) is 18.2 Å². The summed E-state index contributed by atoms with van der Waals surface area (Å²) in [5, 5.41) is 0. The lowest BCUT2D eigenvalue weighted by Crippen LogP contribution is -2.37. The van der Waals surface area contributed by atoms with Gasteiger partial charge in [-0.05, 0) is 38.1 Å². The summed E-state index contributed by atoms with van der Waals surface area (Å²) in [6, 6.07) is 5.67. The van der Waals surface area contributed by atoms with Crippen LogP contribution in [0.2, 0.25) is 0 Å². The molecule has 0 saturated heterocycles. The first-order valence-corrected chi connectivity index (χ1v) is 5.23. The molecule has 1 aromatic carbocycles. The van der Waals surface area contributed by atoms with Crippen LogP contribution >= 0.6 is 0 Å². The van der Waals surface area contributed by atoms with E-state index in [1.165, 1.54) is 24.3 Å². The molecule has 0 aromatic heterocycles. The maximum absolute atomic E-state index is 12.7. The summed E-state index contributed by atoms with van der Waals surface area (Å²) >= 11 is 0. The minimum atomic E-state index is -0.337. The molecule has 0 bridgehead atoms. The Morgan fingerprint density at radius 3 is 2.44 bits per heavy atom. The first-order valence-electron chi connectivity index (χ1n) is 5.23. The molecule has 0 fully saturated rings. The molecule has 0 atom stereocenters. The molecule has 0 radical (unpaired) electrons. The van der Waals surface area contributed by atoms with E-state index in [9.17, 15) is 9.18 Å². The number of nitrogens with zero attached hydrogens (tertiary/aromatic N) is 1. The van der Waals surface area contributed by atoms with Crippen molar-refractivity contribution in [2.24, 2.45) is 0 Å². The van der Waals surface area contributed by atoms with Crippen molar-refractivity contribution in [2.75, 3.05) is 6.54 Å². The molecule has 0 aliphatic heterocycles. The van der Waals surface area contributed by atoms with E-state index in [0.717, 1.165) is 0 Å². The van der Waals surface area contributed by atoms with Crippen molar-refractivity contribution < 1.29 is 9.18 Å². The highest BCUT2D eigenvalue weighted by Gasteiger charge is 2.16. The summed E-state index contributed by atoms with van der Waals surface area (Å²) in [4.78, 5) is 13.7.